The topological polar surface area (TPSA) is 101 Å². The zero-order valence-electron chi connectivity index (χ0n) is 8.69. The Morgan fingerprint density at radius 1 is 1.27 bits per heavy atom. The number of hydrogen-bond acceptors (Lipinski definition) is 3. The second-order valence-electron chi connectivity index (χ2n) is 3.90. The number of nitrogens with one attached hydrogen (secondary N) is 2. The third kappa shape index (κ3) is 4.48. The van der Waals surface area contributed by atoms with Crippen molar-refractivity contribution in [2.45, 2.75) is 37.8 Å². The molecule has 1 rings (SSSR count). The molecule has 2 amide bonds. The third-order valence-electron chi connectivity index (χ3n) is 2.46. The van der Waals surface area contributed by atoms with Gasteiger partial charge in [-0.25, -0.2) is 17.9 Å². The number of nitrogens with two attached hydrogens (primary N) is 1. The second kappa shape index (κ2) is 4.80. The average Bonchev–Trinajstić information content (AvgIpc) is 2.05. The molecule has 0 aromatic rings. The van der Waals surface area contributed by atoms with E-state index in [9.17, 15) is 13.2 Å². The van der Waals surface area contributed by atoms with E-state index in [0.717, 1.165) is 31.9 Å². The van der Waals surface area contributed by atoms with Crippen LogP contribution in [0.1, 0.15) is 25.7 Å². The van der Waals surface area contributed by atoms with E-state index >= 15 is 0 Å². The summed E-state index contributed by atoms with van der Waals surface area (Å²) in [5.41, 5.74) is 5.02. The van der Waals surface area contributed by atoms with Gasteiger partial charge >= 0.3 is 6.03 Å². The van der Waals surface area contributed by atoms with Crippen molar-refractivity contribution in [2.24, 2.45) is 5.73 Å². The maximum absolute atomic E-state index is 11.1. The Balaban J connectivity index is 2.61. The van der Waals surface area contributed by atoms with E-state index in [1.54, 1.807) is 0 Å². The minimum Gasteiger partial charge on any atom is -0.352 e. The molecule has 7 heteroatoms. The highest BCUT2D eigenvalue weighted by Crippen LogP contribution is 2.18. The van der Waals surface area contributed by atoms with Gasteiger partial charge in [0.2, 0.25) is 10.0 Å². The molecule has 15 heavy (non-hydrogen) atoms. The van der Waals surface area contributed by atoms with Gasteiger partial charge in [-0.15, -0.1) is 0 Å². The lowest BCUT2D eigenvalue weighted by atomic mass is 9.91. The van der Waals surface area contributed by atoms with Crippen LogP contribution in [-0.4, -0.2) is 32.8 Å². The predicted octanol–water partition coefficient (Wildman–Crippen LogP) is -0.485. The van der Waals surface area contributed by atoms with Crippen LogP contribution in [0.25, 0.3) is 0 Å². The van der Waals surface area contributed by atoms with Gasteiger partial charge < -0.3 is 11.1 Å². The molecule has 0 radical (unpaired) electrons. The van der Waals surface area contributed by atoms with Crippen molar-refractivity contribution in [2.75, 3.05) is 6.26 Å². The van der Waals surface area contributed by atoms with Gasteiger partial charge in [0.1, 0.15) is 0 Å². The zero-order chi connectivity index (χ0) is 11.5. The Morgan fingerprint density at radius 3 is 2.27 bits per heavy atom. The van der Waals surface area contributed by atoms with Crippen LogP contribution in [0.4, 0.5) is 4.79 Å². The largest absolute Gasteiger partial charge is 0.352 e. The van der Waals surface area contributed by atoms with Gasteiger partial charge in [-0.05, 0) is 12.8 Å². The monoisotopic (exact) mass is 235 g/mol. The normalized spacial score (nSPS) is 27.3. The quantitative estimate of drug-likeness (QED) is 0.615. The van der Waals surface area contributed by atoms with Crippen molar-refractivity contribution in [3.05, 3.63) is 0 Å². The van der Waals surface area contributed by atoms with Crippen LogP contribution in [0.5, 0.6) is 0 Å². The SMILES string of the molecule is CS(=O)(=O)N[C@@H]1CCCC[C@H]1NC(N)=O. The minimum absolute atomic E-state index is 0.189. The molecule has 0 heterocycles. The van der Waals surface area contributed by atoms with E-state index in [4.69, 9.17) is 5.73 Å². The third-order valence-corrected chi connectivity index (χ3v) is 3.19. The molecule has 88 valence electrons. The van der Waals surface area contributed by atoms with E-state index in [2.05, 4.69) is 10.0 Å². The van der Waals surface area contributed by atoms with Crippen LogP contribution < -0.4 is 15.8 Å². The molecule has 0 aromatic carbocycles. The summed E-state index contributed by atoms with van der Waals surface area (Å²) in [6, 6.07) is -1.03. The van der Waals surface area contributed by atoms with E-state index in [-0.39, 0.29) is 12.1 Å². The first-order valence-corrected chi connectivity index (χ1v) is 6.81. The summed E-state index contributed by atoms with van der Waals surface area (Å²) >= 11 is 0. The van der Waals surface area contributed by atoms with Crippen LogP contribution in [-0.2, 0) is 10.0 Å². The fourth-order valence-electron chi connectivity index (χ4n) is 1.90. The Morgan fingerprint density at radius 2 is 1.80 bits per heavy atom. The molecule has 0 saturated heterocycles. The van der Waals surface area contributed by atoms with Crippen LogP contribution in [0.2, 0.25) is 0 Å². The molecule has 1 fully saturated rings. The van der Waals surface area contributed by atoms with Crippen molar-refractivity contribution in [3.63, 3.8) is 0 Å². The fraction of sp³-hybridized carbons (Fsp3) is 0.875. The summed E-state index contributed by atoms with van der Waals surface area (Å²) in [5, 5.41) is 2.57. The molecule has 0 bridgehead atoms. The molecule has 0 spiro atoms. The standard InChI is InChI=1S/C8H17N3O3S/c1-15(13,14)11-7-5-3-2-4-6(7)10-8(9)12/h6-7,11H,2-5H2,1H3,(H3,9,10,12)/t6-,7-/m1/s1. The number of sulfonamides is 1. The van der Waals surface area contributed by atoms with E-state index in [1.165, 1.54) is 0 Å². The van der Waals surface area contributed by atoms with E-state index in [0.29, 0.717) is 0 Å². The van der Waals surface area contributed by atoms with Gasteiger partial charge in [-0.2, -0.15) is 0 Å². The van der Waals surface area contributed by atoms with Crippen LogP contribution in [0.3, 0.4) is 0 Å². The molecule has 0 aromatic heterocycles. The minimum atomic E-state index is -3.23. The first kappa shape index (κ1) is 12.3. The van der Waals surface area contributed by atoms with Gasteiger partial charge in [0, 0.05) is 12.1 Å². The van der Waals surface area contributed by atoms with Crippen molar-refractivity contribution >= 4 is 16.1 Å². The molecule has 1 saturated carbocycles. The highest BCUT2D eigenvalue weighted by molar-refractivity contribution is 7.88. The van der Waals surface area contributed by atoms with Crippen molar-refractivity contribution in [3.8, 4) is 0 Å². The van der Waals surface area contributed by atoms with E-state index < -0.39 is 16.1 Å². The van der Waals surface area contributed by atoms with Crippen molar-refractivity contribution in [1.82, 2.24) is 10.0 Å². The number of hydrogen-bond donors (Lipinski definition) is 3. The molecule has 6 nitrogen and oxygen atoms in total. The van der Waals surface area contributed by atoms with Crippen LogP contribution in [0, 0.1) is 0 Å². The number of primary amides is 1. The molecule has 2 atom stereocenters. The first-order chi connectivity index (χ1) is 6.88. The number of urea groups is 1. The van der Waals surface area contributed by atoms with Gasteiger partial charge in [0.15, 0.2) is 0 Å². The highest BCUT2D eigenvalue weighted by Gasteiger charge is 2.27. The Hall–Kier alpha value is -0.820. The molecular formula is C8H17N3O3S. The van der Waals surface area contributed by atoms with E-state index in [1.807, 2.05) is 0 Å². The van der Waals surface area contributed by atoms with Crippen molar-refractivity contribution < 1.29 is 13.2 Å². The summed E-state index contributed by atoms with van der Waals surface area (Å²) in [5.74, 6) is 0. The molecule has 0 aliphatic heterocycles. The van der Waals surface area contributed by atoms with Crippen LogP contribution >= 0.6 is 0 Å². The molecule has 1 aliphatic carbocycles. The number of amides is 2. The smallest absolute Gasteiger partial charge is 0.312 e. The fourth-order valence-corrected chi connectivity index (χ4v) is 2.73. The summed E-state index contributed by atoms with van der Waals surface area (Å²) < 4.78 is 24.7. The summed E-state index contributed by atoms with van der Waals surface area (Å²) in [7, 11) is -3.23. The summed E-state index contributed by atoms with van der Waals surface area (Å²) in [6.45, 7) is 0. The van der Waals surface area contributed by atoms with Gasteiger partial charge in [0.05, 0.1) is 6.26 Å². The van der Waals surface area contributed by atoms with Gasteiger partial charge in [0.25, 0.3) is 0 Å². The second-order valence-corrected chi connectivity index (χ2v) is 5.68. The Bertz CT molecular complexity index is 328. The summed E-state index contributed by atoms with van der Waals surface area (Å²) in [4.78, 5) is 10.7. The highest BCUT2D eigenvalue weighted by atomic mass is 32.2. The lowest BCUT2D eigenvalue weighted by Gasteiger charge is -2.31. The molecular weight excluding hydrogens is 218 g/mol. The number of carbonyl (C=O) groups excluding carboxylic acids is 1. The number of carbonyl (C=O) groups is 1. The first-order valence-electron chi connectivity index (χ1n) is 4.92. The molecule has 4 N–H and O–H groups in total. The Kier molecular flexibility index (Phi) is 3.92. The number of rotatable bonds is 3. The van der Waals surface area contributed by atoms with Gasteiger partial charge in [-0.1, -0.05) is 12.8 Å². The Labute approximate surface area is 89.6 Å². The zero-order valence-corrected chi connectivity index (χ0v) is 9.51. The van der Waals surface area contributed by atoms with Crippen LogP contribution in [0.15, 0.2) is 0 Å². The van der Waals surface area contributed by atoms with Crippen molar-refractivity contribution in [1.29, 1.82) is 0 Å². The summed E-state index contributed by atoms with van der Waals surface area (Å²) in [6.07, 6.45) is 4.55. The maximum atomic E-state index is 11.1. The van der Waals surface area contributed by atoms with Gasteiger partial charge in [-0.3, -0.25) is 0 Å². The predicted molar refractivity (Wildman–Crippen MR) is 56.7 cm³/mol. The molecule has 1 aliphatic rings. The maximum Gasteiger partial charge on any atom is 0.312 e. The average molecular weight is 235 g/mol. The lowest BCUT2D eigenvalue weighted by Crippen LogP contribution is -2.54. The lowest BCUT2D eigenvalue weighted by molar-refractivity contribution is 0.235. The molecule has 0 unspecified atom stereocenters.